The third kappa shape index (κ3) is 5.89. The number of alkyl halides is 3. The van der Waals surface area contributed by atoms with Gasteiger partial charge in [0, 0.05) is 42.3 Å². The van der Waals surface area contributed by atoms with Crippen molar-refractivity contribution in [3.8, 4) is 0 Å². The van der Waals surface area contributed by atoms with Gasteiger partial charge in [-0.15, -0.1) is 0 Å². The summed E-state index contributed by atoms with van der Waals surface area (Å²) in [6.45, 7) is 1.17. The van der Waals surface area contributed by atoms with Gasteiger partial charge >= 0.3 is 6.18 Å². The van der Waals surface area contributed by atoms with Gasteiger partial charge in [-0.3, -0.25) is 19.1 Å². The first-order valence-corrected chi connectivity index (χ1v) is 12.1. The Hall–Kier alpha value is -3.96. The lowest BCUT2D eigenvalue weighted by Crippen LogP contribution is -2.47. The molecule has 9 nitrogen and oxygen atoms in total. The molecular formula is C25H25F3N6O3. The molecular weight excluding hydrogens is 489 g/mol. The van der Waals surface area contributed by atoms with Crippen LogP contribution < -0.4 is 10.6 Å². The predicted octanol–water partition coefficient (Wildman–Crippen LogP) is 3.22. The van der Waals surface area contributed by atoms with E-state index in [1.165, 1.54) is 10.7 Å². The minimum Gasteiger partial charge on any atom is -0.353 e. The maximum atomic E-state index is 12.9. The molecule has 3 aromatic rings. The van der Waals surface area contributed by atoms with Crippen LogP contribution in [0.15, 0.2) is 42.6 Å². The van der Waals surface area contributed by atoms with Crippen molar-refractivity contribution in [1.29, 1.82) is 0 Å². The van der Waals surface area contributed by atoms with Crippen molar-refractivity contribution in [2.24, 2.45) is 5.92 Å². The number of nitrogens with zero attached hydrogens (tertiary/aromatic N) is 4. The number of hydrogen-bond acceptors (Lipinski definition) is 5. The van der Waals surface area contributed by atoms with Crippen LogP contribution in [0.5, 0.6) is 0 Å². The van der Waals surface area contributed by atoms with Gasteiger partial charge in [0.05, 0.1) is 5.52 Å². The molecule has 0 unspecified atom stereocenters. The Labute approximate surface area is 210 Å². The lowest BCUT2D eigenvalue weighted by atomic mass is 10.0. The Morgan fingerprint density at radius 3 is 2.49 bits per heavy atom. The van der Waals surface area contributed by atoms with Gasteiger partial charge in [0.25, 0.3) is 5.91 Å². The molecule has 3 heterocycles. The minimum atomic E-state index is -4.65. The number of likely N-dealkylation sites (tertiary alicyclic amines) is 1. The van der Waals surface area contributed by atoms with Crippen LogP contribution in [0.2, 0.25) is 0 Å². The van der Waals surface area contributed by atoms with Gasteiger partial charge in [-0.25, -0.2) is 4.98 Å². The second-order valence-electron chi connectivity index (χ2n) is 9.40. The van der Waals surface area contributed by atoms with E-state index in [-0.39, 0.29) is 36.0 Å². The summed E-state index contributed by atoms with van der Waals surface area (Å²) in [7, 11) is 0. The van der Waals surface area contributed by atoms with Crippen molar-refractivity contribution in [3.63, 3.8) is 0 Å². The lowest BCUT2D eigenvalue weighted by molar-refractivity contribution is -0.141. The normalized spacial score (nSPS) is 16.6. The average molecular weight is 515 g/mol. The summed E-state index contributed by atoms with van der Waals surface area (Å²) in [6.07, 6.45) is 0.381. The number of carbonyl (C=O) groups excluding carboxylic acids is 3. The number of hydrogen-bond donors (Lipinski definition) is 2. The van der Waals surface area contributed by atoms with Gasteiger partial charge in [-0.1, -0.05) is 6.07 Å². The van der Waals surface area contributed by atoms with Gasteiger partial charge in [0.1, 0.15) is 17.9 Å². The highest BCUT2D eigenvalue weighted by Gasteiger charge is 2.33. The van der Waals surface area contributed by atoms with Crippen LogP contribution in [0.3, 0.4) is 0 Å². The molecule has 0 radical (unpaired) electrons. The SMILES string of the molecule is O=C(Nc1ccc2nn(CC(=O)N3CCC(NC(=O)C4CC4)CC3)cc2c1)c1cccc(C(F)(F)F)n1. The number of piperidine rings is 1. The fourth-order valence-electron chi connectivity index (χ4n) is 4.33. The fourth-order valence-corrected chi connectivity index (χ4v) is 4.33. The monoisotopic (exact) mass is 514 g/mol. The van der Waals surface area contributed by atoms with E-state index in [4.69, 9.17) is 0 Å². The van der Waals surface area contributed by atoms with E-state index >= 15 is 0 Å². The molecule has 1 saturated heterocycles. The van der Waals surface area contributed by atoms with Crippen LogP contribution in [0.1, 0.15) is 41.9 Å². The number of halogens is 3. The first kappa shape index (κ1) is 24.7. The second kappa shape index (κ2) is 9.83. The van der Waals surface area contributed by atoms with E-state index in [1.807, 2.05) is 0 Å². The number of fused-ring (bicyclic) bond motifs is 1. The topological polar surface area (TPSA) is 109 Å². The number of amides is 3. The van der Waals surface area contributed by atoms with E-state index in [1.54, 1.807) is 29.3 Å². The number of carbonyl (C=O) groups is 3. The van der Waals surface area contributed by atoms with Crippen LogP contribution in [0.25, 0.3) is 10.9 Å². The first-order chi connectivity index (χ1) is 17.7. The van der Waals surface area contributed by atoms with E-state index in [2.05, 4.69) is 20.7 Å². The van der Waals surface area contributed by atoms with Crippen LogP contribution in [-0.2, 0) is 22.3 Å². The van der Waals surface area contributed by atoms with Crippen molar-refractivity contribution < 1.29 is 27.6 Å². The number of rotatable bonds is 6. The Kier molecular flexibility index (Phi) is 6.57. The summed E-state index contributed by atoms with van der Waals surface area (Å²) >= 11 is 0. The number of anilines is 1. The number of nitrogens with one attached hydrogen (secondary N) is 2. The van der Waals surface area contributed by atoms with Crippen molar-refractivity contribution in [3.05, 3.63) is 54.0 Å². The average Bonchev–Trinajstić information content (AvgIpc) is 3.65. The number of pyridine rings is 1. The van der Waals surface area contributed by atoms with E-state index < -0.39 is 17.8 Å². The zero-order valence-electron chi connectivity index (χ0n) is 19.8. The summed E-state index contributed by atoms with van der Waals surface area (Å²) in [5.74, 6) is -0.567. The van der Waals surface area contributed by atoms with E-state index in [0.29, 0.717) is 29.7 Å². The molecule has 37 heavy (non-hydrogen) atoms. The third-order valence-electron chi connectivity index (χ3n) is 6.52. The predicted molar refractivity (Wildman–Crippen MR) is 127 cm³/mol. The maximum absolute atomic E-state index is 12.9. The molecule has 1 aromatic carbocycles. The van der Waals surface area contributed by atoms with Gasteiger partial charge in [-0.2, -0.15) is 18.3 Å². The standard InChI is InChI=1S/C25H25F3N6O3/c26-25(27,28)21-3-1-2-20(31-21)24(37)30-18-6-7-19-16(12-18)13-34(32-19)14-22(35)33-10-8-17(9-11-33)29-23(36)15-4-5-15/h1-3,6-7,12-13,15,17H,4-5,8-11,14H2,(H,29,36)(H,30,37). The van der Waals surface area contributed by atoms with Crippen molar-refractivity contribution in [2.75, 3.05) is 18.4 Å². The molecule has 0 bridgehead atoms. The van der Waals surface area contributed by atoms with Crippen molar-refractivity contribution in [2.45, 2.75) is 44.4 Å². The van der Waals surface area contributed by atoms with Gasteiger partial charge < -0.3 is 15.5 Å². The van der Waals surface area contributed by atoms with Gasteiger partial charge in [-0.05, 0) is 56.0 Å². The van der Waals surface area contributed by atoms with Crippen LogP contribution >= 0.6 is 0 Å². The Morgan fingerprint density at radius 2 is 1.78 bits per heavy atom. The summed E-state index contributed by atoms with van der Waals surface area (Å²) in [5.41, 5.74) is -0.539. The lowest BCUT2D eigenvalue weighted by Gasteiger charge is -2.32. The van der Waals surface area contributed by atoms with E-state index in [9.17, 15) is 27.6 Å². The largest absolute Gasteiger partial charge is 0.433 e. The summed E-state index contributed by atoms with van der Waals surface area (Å²) in [5, 5.41) is 10.7. The molecule has 1 saturated carbocycles. The maximum Gasteiger partial charge on any atom is 0.433 e. The molecule has 1 aliphatic heterocycles. The van der Waals surface area contributed by atoms with Crippen molar-refractivity contribution in [1.82, 2.24) is 25.0 Å². The highest BCUT2D eigenvalue weighted by molar-refractivity contribution is 6.03. The molecule has 5 rings (SSSR count). The Morgan fingerprint density at radius 1 is 1.03 bits per heavy atom. The zero-order valence-corrected chi connectivity index (χ0v) is 19.8. The van der Waals surface area contributed by atoms with Gasteiger partial charge in [0.2, 0.25) is 11.8 Å². The molecule has 2 fully saturated rings. The zero-order chi connectivity index (χ0) is 26.2. The second-order valence-corrected chi connectivity index (χ2v) is 9.40. The molecule has 12 heteroatoms. The molecule has 1 aliphatic carbocycles. The number of aromatic nitrogens is 3. The molecule has 2 aromatic heterocycles. The smallest absolute Gasteiger partial charge is 0.353 e. The van der Waals surface area contributed by atoms with Crippen LogP contribution in [0.4, 0.5) is 18.9 Å². The van der Waals surface area contributed by atoms with Gasteiger partial charge in [0.15, 0.2) is 0 Å². The highest BCUT2D eigenvalue weighted by Crippen LogP contribution is 2.29. The van der Waals surface area contributed by atoms with E-state index in [0.717, 1.165) is 37.8 Å². The van der Waals surface area contributed by atoms with Crippen molar-refractivity contribution >= 4 is 34.3 Å². The number of benzene rings is 1. The summed E-state index contributed by atoms with van der Waals surface area (Å²) in [4.78, 5) is 42.3. The molecule has 0 atom stereocenters. The molecule has 2 N–H and O–H groups in total. The Bertz CT molecular complexity index is 1340. The Balaban J connectivity index is 1.18. The molecule has 194 valence electrons. The third-order valence-corrected chi connectivity index (χ3v) is 6.52. The van der Waals surface area contributed by atoms with Crippen LogP contribution in [-0.4, -0.2) is 56.5 Å². The fraction of sp³-hybridized carbons (Fsp3) is 0.400. The van der Waals surface area contributed by atoms with Crippen LogP contribution in [0, 0.1) is 5.92 Å². The highest BCUT2D eigenvalue weighted by atomic mass is 19.4. The molecule has 3 amide bonds. The first-order valence-electron chi connectivity index (χ1n) is 12.1. The molecule has 0 spiro atoms. The summed E-state index contributed by atoms with van der Waals surface area (Å²) in [6, 6.07) is 8.09. The summed E-state index contributed by atoms with van der Waals surface area (Å²) < 4.78 is 40.2. The quantitative estimate of drug-likeness (QED) is 0.525. The molecule has 2 aliphatic rings. The minimum absolute atomic E-state index is 0.0453.